The second-order valence-corrected chi connectivity index (χ2v) is 6.83. The van der Waals surface area contributed by atoms with Crippen molar-refractivity contribution >= 4 is 0 Å². The van der Waals surface area contributed by atoms with E-state index in [1.165, 1.54) is 64.2 Å². The molecule has 2 heterocycles. The van der Waals surface area contributed by atoms with Gasteiger partial charge in [0.15, 0.2) is 0 Å². The minimum Gasteiger partial charge on any atom is -0.306 e. The van der Waals surface area contributed by atoms with E-state index in [0.29, 0.717) is 0 Å². The van der Waals surface area contributed by atoms with Crippen molar-refractivity contribution in [3.8, 4) is 0 Å². The van der Waals surface area contributed by atoms with E-state index in [1.54, 1.807) is 0 Å². The average molecular weight is 287 g/mol. The van der Waals surface area contributed by atoms with Gasteiger partial charge in [-0.1, -0.05) is 30.3 Å². The summed E-state index contributed by atoms with van der Waals surface area (Å²) in [5.41, 5.74) is 1.44. The Balaban J connectivity index is 1.40. The van der Waals surface area contributed by atoms with Gasteiger partial charge in [0.05, 0.1) is 0 Å². The van der Waals surface area contributed by atoms with Crippen molar-refractivity contribution in [2.75, 3.05) is 52.9 Å². The molecule has 2 aliphatic rings. The number of piperazine rings is 1. The Morgan fingerprint density at radius 1 is 0.952 bits per heavy atom. The van der Waals surface area contributed by atoms with E-state index in [4.69, 9.17) is 0 Å². The molecule has 1 aromatic rings. The Morgan fingerprint density at radius 3 is 2.38 bits per heavy atom. The van der Waals surface area contributed by atoms with Crippen molar-refractivity contribution < 1.29 is 0 Å². The summed E-state index contributed by atoms with van der Waals surface area (Å²) in [4.78, 5) is 7.78. The van der Waals surface area contributed by atoms with Crippen LogP contribution in [0.2, 0.25) is 0 Å². The van der Waals surface area contributed by atoms with E-state index in [-0.39, 0.29) is 0 Å². The standard InChI is InChI=1S/C18H29N3/c1-19-9-5-8-18(14-19)16-21-12-10-20(11-13-21)15-17-6-3-2-4-7-17/h2-4,6-7,18H,5,8-16H2,1H3. The van der Waals surface area contributed by atoms with Crippen molar-refractivity contribution in [1.29, 1.82) is 0 Å². The molecule has 0 saturated carbocycles. The van der Waals surface area contributed by atoms with Gasteiger partial charge in [-0.2, -0.15) is 0 Å². The van der Waals surface area contributed by atoms with Crippen LogP contribution in [0.1, 0.15) is 18.4 Å². The molecule has 0 bridgehead atoms. The summed E-state index contributed by atoms with van der Waals surface area (Å²) >= 11 is 0. The van der Waals surface area contributed by atoms with Crippen LogP contribution in [0.5, 0.6) is 0 Å². The topological polar surface area (TPSA) is 9.72 Å². The Kier molecular flexibility index (Phi) is 5.28. The second-order valence-electron chi connectivity index (χ2n) is 6.83. The fourth-order valence-electron chi connectivity index (χ4n) is 3.76. The molecule has 0 aliphatic carbocycles. The van der Waals surface area contributed by atoms with E-state index >= 15 is 0 Å². The fourth-order valence-corrected chi connectivity index (χ4v) is 3.76. The molecule has 3 heteroatoms. The quantitative estimate of drug-likeness (QED) is 0.840. The average Bonchev–Trinajstić information content (AvgIpc) is 2.50. The SMILES string of the molecule is CN1CCCC(CN2CCN(Cc3ccccc3)CC2)C1. The van der Waals surface area contributed by atoms with Gasteiger partial charge in [-0.15, -0.1) is 0 Å². The zero-order chi connectivity index (χ0) is 14.5. The summed E-state index contributed by atoms with van der Waals surface area (Å²) in [6.45, 7) is 9.94. The molecule has 3 nitrogen and oxygen atoms in total. The van der Waals surface area contributed by atoms with E-state index in [0.717, 1.165) is 12.5 Å². The van der Waals surface area contributed by atoms with Crippen LogP contribution < -0.4 is 0 Å². The summed E-state index contributed by atoms with van der Waals surface area (Å²) in [7, 11) is 2.27. The molecule has 116 valence electrons. The number of hydrogen-bond acceptors (Lipinski definition) is 3. The van der Waals surface area contributed by atoms with Crippen LogP contribution >= 0.6 is 0 Å². The first kappa shape index (κ1) is 15.0. The van der Waals surface area contributed by atoms with Crippen LogP contribution in [0.3, 0.4) is 0 Å². The van der Waals surface area contributed by atoms with Crippen LogP contribution in [0, 0.1) is 5.92 Å². The van der Waals surface area contributed by atoms with Crippen LogP contribution in [0.4, 0.5) is 0 Å². The highest BCUT2D eigenvalue weighted by molar-refractivity contribution is 5.14. The summed E-state index contributed by atoms with van der Waals surface area (Å²) in [6, 6.07) is 10.9. The van der Waals surface area contributed by atoms with E-state index in [1.807, 2.05) is 0 Å². The monoisotopic (exact) mass is 287 g/mol. The number of rotatable bonds is 4. The molecule has 0 aromatic heterocycles. The minimum atomic E-state index is 0.893. The predicted molar refractivity (Wildman–Crippen MR) is 88.4 cm³/mol. The Morgan fingerprint density at radius 2 is 1.67 bits per heavy atom. The normalized spacial score (nSPS) is 26.0. The lowest BCUT2D eigenvalue weighted by Crippen LogP contribution is -2.48. The lowest BCUT2D eigenvalue weighted by Gasteiger charge is -2.38. The van der Waals surface area contributed by atoms with Crippen molar-refractivity contribution in [3.63, 3.8) is 0 Å². The molecule has 0 spiro atoms. The first-order valence-corrected chi connectivity index (χ1v) is 8.47. The Labute approximate surface area is 129 Å². The Hall–Kier alpha value is -0.900. The number of piperidine rings is 1. The molecule has 1 aromatic carbocycles. The molecule has 0 radical (unpaired) electrons. The summed E-state index contributed by atoms with van der Waals surface area (Å²) in [5, 5.41) is 0. The van der Waals surface area contributed by atoms with Gasteiger partial charge in [-0.05, 0) is 37.9 Å². The maximum Gasteiger partial charge on any atom is 0.0234 e. The maximum atomic E-state index is 2.69. The molecule has 21 heavy (non-hydrogen) atoms. The minimum absolute atomic E-state index is 0.893. The zero-order valence-electron chi connectivity index (χ0n) is 13.4. The van der Waals surface area contributed by atoms with Crippen molar-refractivity contribution in [2.24, 2.45) is 5.92 Å². The van der Waals surface area contributed by atoms with Gasteiger partial charge in [-0.3, -0.25) is 4.90 Å². The molecule has 2 saturated heterocycles. The van der Waals surface area contributed by atoms with Gasteiger partial charge in [0, 0.05) is 45.8 Å². The lowest BCUT2D eigenvalue weighted by atomic mass is 9.97. The van der Waals surface area contributed by atoms with Gasteiger partial charge >= 0.3 is 0 Å². The smallest absolute Gasteiger partial charge is 0.0234 e. The van der Waals surface area contributed by atoms with E-state index in [2.05, 4.69) is 52.1 Å². The van der Waals surface area contributed by atoms with Crippen LogP contribution in [-0.2, 0) is 6.54 Å². The molecular weight excluding hydrogens is 258 g/mol. The third-order valence-corrected chi connectivity index (χ3v) is 4.95. The first-order chi connectivity index (χ1) is 10.3. The molecular formula is C18H29N3. The van der Waals surface area contributed by atoms with Crippen molar-refractivity contribution in [1.82, 2.24) is 14.7 Å². The lowest BCUT2D eigenvalue weighted by molar-refractivity contribution is 0.0930. The van der Waals surface area contributed by atoms with Crippen molar-refractivity contribution in [3.05, 3.63) is 35.9 Å². The summed E-state index contributed by atoms with van der Waals surface area (Å²) in [5.74, 6) is 0.893. The highest BCUT2D eigenvalue weighted by atomic mass is 15.3. The molecule has 2 aliphatic heterocycles. The van der Waals surface area contributed by atoms with Crippen molar-refractivity contribution in [2.45, 2.75) is 19.4 Å². The Bertz CT molecular complexity index is 412. The van der Waals surface area contributed by atoms with Crippen LogP contribution in [0.25, 0.3) is 0 Å². The summed E-state index contributed by atoms with van der Waals surface area (Å²) in [6.07, 6.45) is 2.81. The third kappa shape index (κ3) is 4.53. The number of likely N-dealkylation sites (tertiary alicyclic amines) is 1. The molecule has 3 rings (SSSR count). The van der Waals surface area contributed by atoms with Gasteiger partial charge in [-0.25, -0.2) is 0 Å². The molecule has 0 amide bonds. The van der Waals surface area contributed by atoms with Gasteiger partial charge < -0.3 is 9.80 Å². The largest absolute Gasteiger partial charge is 0.306 e. The van der Waals surface area contributed by atoms with Crippen LogP contribution in [0.15, 0.2) is 30.3 Å². The van der Waals surface area contributed by atoms with E-state index < -0.39 is 0 Å². The molecule has 1 unspecified atom stereocenters. The highest BCUT2D eigenvalue weighted by Gasteiger charge is 2.22. The third-order valence-electron chi connectivity index (χ3n) is 4.95. The fraction of sp³-hybridized carbons (Fsp3) is 0.667. The van der Waals surface area contributed by atoms with Gasteiger partial charge in [0.1, 0.15) is 0 Å². The predicted octanol–water partition coefficient (Wildman–Crippen LogP) is 2.15. The number of nitrogens with zero attached hydrogens (tertiary/aromatic N) is 3. The summed E-state index contributed by atoms with van der Waals surface area (Å²) < 4.78 is 0. The number of hydrogen-bond donors (Lipinski definition) is 0. The van der Waals surface area contributed by atoms with Gasteiger partial charge in [0.2, 0.25) is 0 Å². The van der Waals surface area contributed by atoms with Gasteiger partial charge in [0.25, 0.3) is 0 Å². The maximum absolute atomic E-state index is 2.69. The molecule has 2 fully saturated rings. The second kappa shape index (κ2) is 7.39. The molecule has 0 N–H and O–H groups in total. The molecule has 1 atom stereocenters. The first-order valence-electron chi connectivity index (χ1n) is 8.47. The zero-order valence-corrected chi connectivity index (χ0v) is 13.4. The van der Waals surface area contributed by atoms with Crippen LogP contribution in [-0.4, -0.2) is 67.6 Å². The highest BCUT2D eigenvalue weighted by Crippen LogP contribution is 2.17. The number of benzene rings is 1. The van der Waals surface area contributed by atoms with E-state index in [9.17, 15) is 0 Å².